The third-order valence-electron chi connectivity index (χ3n) is 2.92. The van der Waals surface area contributed by atoms with E-state index in [1.807, 2.05) is 0 Å². The fourth-order valence-electron chi connectivity index (χ4n) is 2.09. The Kier molecular flexibility index (Phi) is 5.25. The molecule has 1 unspecified atom stereocenters. The van der Waals surface area contributed by atoms with Gasteiger partial charge < -0.3 is 14.8 Å². The van der Waals surface area contributed by atoms with E-state index in [4.69, 9.17) is 21.1 Å². The molecule has 3 nitrogen and oxygen atoms in total. The summed E-state index contributed by atoms with van der Waals surface area (Å²) in [6.45, 7) is 2.93. The Hall–Kier alpha value is -0.130. The van der Waals surface area contributed by atoms with Gasteiger partial charge in [-0.1, -0.05) is 11.6 Å². The molecule has 0 saturated heterocycles. The van der Waals surface area contributed by atoms with Gasteiger partial charge in [0.1, 0.15) is 0 Å². The highest BCUT2D eigenvalue weighted by Gasteiger charge is 2.24. The highest BCUT2D eigenvalue weighted by molar-refractivity contribution is 7.16. The van der Waals surface area contributed by atoms with Gasteiger partial charge in [0.25, 0.3) is 0 Å². The number of thiophene rings is 1. The summed E-state index contributed by atoms with van der Waals surface area (Å²) in [5, 5.41) is 3.51. The number of rotatable bonds is 7. The number of aryl methyl sites for hydroxylation is 1. The minimum Gasteiger partial charge on any atom is -0.382 e. The Morgan fingerprint density at radius 1 is 1.47 bits per heavy atom. The van der Waals surface area contributed by atoms with Crippen molar-refractivity contribution in [3.8, 4) is 0 Å². The maximum Gasteiger partial charge on any atom is 0.0934 e. The van der Waals surface area contributed by atoms with E-state index < -0.39 is 0 Å². The predicted octanol–water partition coefficient (Wildman–Crippen LogP) is 2.64. The molecule has 0 spiro atoms. The fourth-order valence-corrected chi connectivity index (χ4v) is 3.45. The van der Waals surface area contributed by atoms with Crippen LogP contribution in [0.4, 0.5) is 0 Å². The van der Waals surface area contributed by atoms with Crippen molar-refractivity contribution in [1.82, 2.24) is 5.32 Å². The first-order valence-corrected chi connectivity index (χ1v) is 7.09. The van der Waals surface area contributed by atoms with Crippen LogP contribution in [0.15, 0.2) is 6.07 Å². The van der Waals surface area contributed by atoms with E-state index in [1.54, 1.807) is 18.4 Å². The van der Waals surface area contributed by atoms with Crippen molar-refractivity contribution < 1.29 is 9.47 Å². The van der Waals surface area contributed by atoms with E-state index in [0.717, 1.165) is 23.9 Å². The summed E-state index contributed by atoms with van der Waals surface area (Å²) >= 11 is 7.72. The van der Waals surface area contributed by atoms with Gasteiger partial charge in [-0.05, 0) is 24.5 Å². The summed E-state index contributed by atoms with van der Waals surface area (Å²) in [5.74, 6) is 0. The summed E-state index contributed by atoms with van der Waals surface area (Å²) in [7, 11) is 1.68. The lowest BCUT2D eigenvalue weighted by Gasteiger charge is -2.12. The zero-order chi connectivity index (χ0) is 12.1. The van der Waals surface area contributed by atoms with Crippen molar-refractivity contribution in [1.29, 1.82) is 0 Å². The molecule has 1 aliphatic rings. The Balaban J connectivity index is 1.67. The molecule has 1 aliphatic carbocycles. The lowest BCUT2D eigenvalue weighted by atomic mass is 10.2. The van der Waals surface area contributed by atoms with Crippen LogP contribution in [0.3, 0.4) is 0 Å². The van der Waals surface area contributed by atoms with Crippen molar-refractivity contribution >= 4 is 22.9 Å². The van der Waals surface area contributed by atoms with Gasteiger partial charge in [-0.2, -0.15) is 0 Å². The van der Waals surface area contributed by atoms with Crippen LogP contribution in [-0.4, -0.2) is 33.5 Å². The second-order valence-corrected chi connectivity index (χ2v) is 5.85. The van der Waals surface area contributed by atoms with Crippen molar-refractivity contribution in [3.63, 3.8) is 0 Å². The Bertz CT molecular complexity index is 356. The van der Waals surface area contributed by atoms with Crippen LogP contribution in [0.5, 0.6) is 0 Å². The molecule has 17 heavy (non-hydrogen) atoms. The standard InChI is InChI=1S/C12H18ClNO2S/c1-15-6-7-16-5-4-14-10-2-3-11-9(10)8-12(13)17-11/h8,10,14H,2-7H2,1H3. The second kappa shape index (κ2) is 6.71. The molecule has 1 N–H and O–H groups in total. The van der Waals surface area contributed by atoms with E-state index in [1.165, 1.54) is 16.9 Å². The molecule has 2 rings (SSSR count). The third kappa shape index (κ3) is 3.66. The van der Waals surface area contributed by atoms with Gasteiger partial charge in [-0.15, -0.1) is 11.3 Å². The molecule has 0 aliphatic heterocycles. The molecule has 1 atom stereocenters. The number of halogens is 1. The van der Waals surface area contributed by atoms with Gasteiger partial charge in [-0.25, -0.2) is 0 Å². The highest BCUT2D eigenvalue weighted by Crippen LogP contribution is 2.39. The first-order valence-electron chi connectivity index (χ1n) is 5.89. The van der Waals surface area contributed by atoms with E-state index in [2.05, 4.69) is 11.4 Å². The van der Waals surface area contributed by atoms with E-state index in [0.29, 0.717) is 19.3 Å². The average Bonchev–Trinajstić information content (AvgIpc) is 2.83. The quantitative estimate of drug-likeness (QED) is 0.776. The molecular weight excluding hydrogens is 258 g/mol. The predicted molar refractivity (Wildman–Crippen MR) is 71.1 cm³/mol. The van der Waals surface area contributed by atoms with Crippen LogP contribution >= 0.6 is 22.9 Å². The maximum absolute atomic E-state index is 6.01. The number of hydrogen-bond donors (Lipinski definition) is 1. The molecule has 0 radical (unpaired) electrons. The monoisotopic (exact) mass is 275 g/mol. The zero-order valence-corrected chi connectivity index (χ0v) is 11.6. The molecule has 96 valence electrons. The van der Waals surface area contributed by atoms with Crippen LogP contribution in [-0.2, 0) is 15.9 Å². The van der Waals surface area contributed by atoms with Crippen molar-refractivity contribution in [2.24, 2.45) is 0 Å². The van der Waals surface area contributed by atoms with E-state index >= 15 is 0 Å². The number of nitrogens with one attached hydrogen (secondary N) is 1. The Labute approximate surface area is 111 Å². The molecule has 0 aromatic carbocycles. The molecule has 5 heteroatoms. The van der Waals surface area contributed by atoms with E-state index in [9.17, 15) is 0 Å². The van der Waals surface area contributed by atoms with Gasteiger partial charge in [0, 0.05) is 24.6 Å². The minimum absolute atomic E-state index is 0.458. The average molecular weight is 276 g/mol. The number of hydrogen-bond acceptors (Lipinski definition) is 4. The molecule has 0 saturated carbocycles. The molecule has 0 amide bonds. The van der Waals surface area contributed by atoms with Crippen molar-refractivity contribution in [2.45, 2.75) is 18.9 Å². The zero-order valence-electron chi connectivity index (χ0n) is 10.0. The molecule has 0 fully saturated rings. The van der Waals surface area contributed by atoms with E-state index in [-0.39, 0.29) is 0 Å². The number of ether oxygens (including phenoxy) is 2. The Morgan fingerprint density at radius 2 is 2.35 bits per heavy atom. The highest BCUT2D eigenvalue weighted by atomic mass is 35.5. The number of methoxy groups -OCH3 is 1. The Morgan fingerprint density at radius 3 is 3.18 bits per heavy atom. The summed E-state index contributed by atoms with van der Waals surface area (Å²) in [4.78, 5) is 1.44. The first kappa shape index (κ1) is 13.3. The lowest BCUT2D eigenvalue weighted by Crippen LogP contribution is -2.24. The molecule has 0 bridgehead atoms. The van der Waals surface area contributed by atoms with Crippen LogP contribution in [0.2, 0.25) is 4.34 Å². The molecule has 1 heterocycles. The second-order valence-electron chi connectivity index (χ2n) is 4.08. The molecule has 1 aromatic rings. The minimum atomic E-state index is 0.458. The smallest absolute Gasteiger partial charge is 0.0934 e. The van der Waals surface area contributed by atoms with Crippen LogP contribution in [0, 0.1) is 0 Å². The molecule has 1 aromatic heterocycles. The topological polar surface area (TPSA) is 30.5 Å². The largest absolute Gasteiger partial charge is 0.382 e. The fraction of sp³-hybridized carbons (Fsp3) is 0.667. The van der Waals surface area contributed by atoms with Gasteiger partial charge in [0.2, 0.25) is 0 Å². The lowest BCUT2D eigenvalue weighted by molar-refractivity contribution is 0.0710. The summed E-state index contributed by atoms with van der Waals surface area (Å²) in [6.07, 6.45) is 2.32. The van der Waals surface area contributed by atoms with Crippen LogP contribution in [0.1, 0.15) is 22.9 Å². The van der Waals surface area contributed by atoms with Gasteiger partial charge in [0.05, 0.1) is 24.2 Å². The SMILES string of the molecule is COCCOCCNC1CCc2sc(Cl)cc21. The summed E-state index contributed by atoms with van der Waals surface area (Å²) < 4.78 is 11.2. The maximum atomic E-state index is 6.01. The molecular formula is C12H18ClNO2S. The summed E-state index contributed by atoms with van der Waals surface area (Å²) in [5.41, 5.74) is 1.39. The normalized spacial score (nSPS) is 18.6. The van der Waals surface area contributed by atoms with Gasteiger partial charge in [0.15, 0.2) is 0 Å². The van der Waals surface area contributed by atoms with Crippen LogP contribution in [0.25, 0.3) is 0 Å². The third-order valence-corrected chi connectivity index (χ3v) is 4.26. The van der Waals surface area contributed by atoms with Gasteiger partial charge in [-0.3, -0.25) is 0 Å². The summed E-state index contributed by atoms with van der Waals surface area (Å²) in [6, 6.07) is 2.55. The van der Waals surface area contributed by atoms with Crippen LogP contribution < -0.4 is 5.32 Å². The first-order chi connectivity index (χ1) is 8.31. The van der Waals surface area contributed by atoms with Crippen molar-refractivity contribution in [2.75, 3.05) is 33.5 Å². The van der Waals surface area contributed by atoms with Crippen molar-refractivity contribution in [3.05, 3.63) is 20.8 Å². The van der Waals surface area contributed by atoms with Gasteiger partial charge >= 0.3 is 0 Å². The number of fused-ring (bicyclic) bond motifs is 1.